The van der Waals surface area contributed by atoms with Crippen molar-refractivity contribution in [2.45, 2.75) is 25.7 Å². The molecule has 0 amide bonds. The van der Waals surface area contributed by atoms with Gasteiger partial charge in [-0.15, -0.1) is 0 Å². The number of piperidine rings is 1. The van der Waals surface area contributed by atoms with E-state index in [-0.39, 0.29) is 0 Å². The van der Waals surface area contributed by atoms with E-state index in [0.29, 0.717) is 0 Å². The molecule has 5 heteroatoms. The van der Waals surface area contributed by atoms with Crippen molar-refractivity contribution in [3.8, 4) is 0 Å². The average Bonchev–Trinajstić information content (AvgIpc) is 3.40. The molecule has 3 aromatic rings. The van der Waals surface area contributed by atoms with Crippen molar-refractivity contribution in [1.82, 2.24) is 14.9 Å². The van der Waals surface area contributed by atoms with Crippen LogP contribution in [-0.2, 0) is 6.42 Å². The number of aromatic nitrogens is 2. The van der Waals surface area contributed by atoms with Crippen LogP contribution < -0.4 is 5.32 Å². The Morgan fingerprint density at radius 2 is 1.94 bits per heavy atom. The Labute approximate surface area is 197 Å². The number of nitrogens with one attached hydrogen (secondary N) is 1. The van der Waals surface area contributed by atoms with Crippen LogP contribution in [0, 0.1) is 5.92 Å². The van der Waals surface area contributed by atoms with Gasteiger partial charge in [0, 0.05) is 49.4 Å². The predicted molar refractivity (Wildman–Crippen MR) is 141 cm³/mol. The number of fused-ring (bicyclic) bond motifs is 1. The third kappa shape index (κ3) is 6.14. The molecule has 4 heterocycles. The van der Waals surface area contributed by atoms with E-state index < -0.39 is 0 Å². The van der Waals surface area contributed by atoms with Crippen molar-refractivity contribution in [2.75, 3.05) is 32.5 Å². The van der Waals surface area contributed by atoms with Crippen molar-refractivity contribution in [3.63, 3.8) is 0 Å². The number of hydrogen-bond donors (Lipinski definition) is 1. The Balaban J connectivity index is 0.000000157. The van der Waals surface area contributed by atoms with Gasteiger partial charge in [-0.05, 0) is 91.7 Å². The second-order valence-electron chi connectivity index (χ2n) is 8.81. The quantitative estimate of drug-likeness (QED) is 0.554. The maximum Gasteiger partial charge on any atom is 0.126 e. The molecule has 5 rings (SSSR count). The largest absolute Gasteiger partial charge is 0.373 e. The summed E-state index contributed by atoms with van der Waals surface area (Å²) in [6.45, 7) is 6.25. The highest BCUT2D eigenvalue weighted by Crippen LogP contribution is 2.26. The molecule has 0 atom stereocenters. The lowest BCUT2D eigenvalue weighted by Crippen LogP contribution is -2.31. The fraction of sp³-hybridized carbons (Fsp3) is 0.321. The molecule has 1 fully saturated rings. The lowest BCUT2D eigenvalue weighted by Gasteiger charge is -2.28. The van der Waals surface area contributed by atoms with E-state index in [1.165, 1.54) is 53.7 Å². The van der Waals surface area contributed by atoms with Crippen LogP contribution in [0.15, 0.2) is 66.6 Å². The van der Waals surface area contributed by atoms with Crippen molar-refractivity contribution in [2.24, 2.45) is 10.9 Å². The number of pyridine rings is 2. The smallest absolute Gasteiger partial charge is 0.126 e. The molecular weight excluding hydrogens is 406 g/mol. The molecule has 33 heavy (non-hydrogen) atoms. The SMILES string of the molecule is C=Cc1ccnc(CC2CCN(C)CC2)c1.CNc1cc2cc(C3=CN=CC3)ccc2cn1. The minimum atomic E-state index is 0.809. The van der Waals surface area contributed by atoms with Crippen LogP contribution in [-0.4, -0.2) is 48.3 Å². The number of allylic oxidation sites excluding steroid dienone is 1. The van der Waals surface area contributed by atoms with Gasteiger partial charge in [0.15, 0.2) is 0 Å². The van der Waals surface area contributed by atoms with Gasteiger partial charge in [0.2, 0.25) is 0 Å². The summed E-state index contributed by atoms with van der Waals surface area (Å²) in [6.07, 6.45) is 14.2. The fourth-order valence-corrected chi connectivity index (χ4v) is 4.31. The zero-order valence-corrected chi connectivity index (χ0v) is 19.7. The zero-order valence-electron chi connectivity index (χ0n) is 19.7. The number of rotatable bonds is 5. The molecule has 0 saturated carbocycles. The van der Waals surface area contributed by atoms with Gasteiger partial charge in [-0.1, -0.05) is 24.8 Å². The third-order valence-corrected chi connectivity index (χ3v) is 6.41. The zero-order chi connectivity index (χ0) is 23.0. The van der Waals surface area contributed by atoms with E-state index in [1.807, 2.05) is 44.0 Å². The van der Waals surface area contributed by atoms with E-state index in [0.717, 1.165) is 30.0 Å². The monoisotopic (exact) mass is 439 g/mol. The van der Waals surface area contributed by atoms with Crippen LogP contribution in [0.2, 0.25) is 0 Å². The van der Waals surface area contributed by atoms with Gasteiger partial charge in [0.25, 0.3) is 0 Å². The minimum Gasteiger partial charge on any atom is -0.373 e. The molecule has 1 saturated heterocycles. The van der Waals surface area contributed by atoms with Gasteiger partial charge < -0.3 is 10.2 Å². The van der Waals surface area contributed by atoms with Crippen LogP contribution in [0.3, 0.4) is 0 Å². The summed E-state index contributed by atoms with van der Waals surface area (Å²) in [4.78, 5) is 15.3. The molecule has 170 valence electrons. The second-order valence-corrected chi connectivity index (χ2v) is 8.81. The van der Waals surface area contributed by atoms with E-state index in [2.05, 4.69) is 69.1 Å². The third-order valence-electron chi connectivity index (χ3n) is 6.41. The van der Waals surface area contributed by atoms with Crippen molar-refractivity contribution in [3.05, 3.63) is 78.4 Å². The van der Waals surface area contributed by atoms with Gasteiger partial charge in [-0.25, -0.2) is 4.98 Å². The normalized spacial score (nSPS) is 16.2. The highest BCUT2D eigenvalue weighted by atomic mass is 15.1. The predicted octanol–water partition coefficient (Wildman–Crippen LogP) is 5.70. The summed E-state index contributed by atoms with van der Waals surface area (Å²) in [5.41, 5.74) is 4.91. The summed E-state index contributed by atoms with van der Waals surface area (Å²) in [5, 5.41) is 5.42. The second kappa shape index (κ2) is 11.0. The summed E-state index contributed by atoms with van der Waals surface area (Å²) < 4.78 is 0. The molecular formula is C28H33N5. The number of nitrogens with zero attached hydrogens (tertiary/aromatic N) is 4. The lowest BCUT2D eigenvalue weighted by molar-refractivity contribution is 0.218. The van der Waals surface area contributed by atoms with Crippen molar-refractivity contribution < 1.29 is 0 Å². The molecule has 5 nitrogen and oxygen atoms in total. The first kappa shape index (κ1) is 22.9. The molecule has 0 spiro atoms. The molecule has 0 bridgehead atoms. The fourth-order valence-electron chi connectivity index (χ4n) is 4.31. The molecule has 1 aromatic carbocycles. The van der Waals surface area contributed by atoms with Crippen molar-refractivity contribution in [1.29, 1.82) is 0 Å². The van der Waals surface area contributed by atoms with Crippen LogP contribution in [0.1, 0.15) is 36.1 Å². The summed E-state index contributed by atoms with van der Waals surface area (Å²) in [5.74, 6) is 1.70. The van der Waals surface area contributed by atoms with Gasteiger partial charge in [-0.3, -0.25) is 9.98 Å². The number of hydrogen-bond acceptors (Lipinski definition) is 5. The first-order valence-corrected chi connectivity index (χ1v) is 11.7. The van der Waals surface area contributed by atoms with Gasteiger partial charge >= 0.3 is 0 Å². The van der Waals surface area contributed by atoms with Crippen molar-refractivity contribution >= 4 is 34.5 Å². The first-order valence-electron chi connectivity index (χ1n) is 11.7. The van der Waals surface area contributed by atoms with Gasteiger partial charge in [0.1, 0.15) is 5.82 Å². The minimum absolute atomic E-state index is 0.809. The van der Waals surface area contributed by atoms with Crippen LogP contribution >= 0.6 is 0 Å². The molecule has 0 unspecified atom stereocenters. The number of aliphatic imine (C=N–C) groups is 1. The van der Waals surface area contributed by atoms with E-state index in [9.17, 15) is 0 Å². The van der Waals surface area contributed by atoms with Gasteiger partial charge in [0.05, 0.1) is 0 Å². The van der Waals surface area contributed by atoms with Gasteiger partial charge in [-0.2, -0.15) is 0 Å². The average molecular weight is 440 g/mol. The van der Waals surface area contributed by atoms with Crippen LogP contribution in [0.4, 0.5) is 5.82 Å². The maximum absolute atomic E-state index is 4.44. The molecule has 2 aliphatic heterocycles. The number of benzene rings is 1. The summed E-state index contributed by atoms with van der Waals surface area (Å²) >= 11 is 0. The Hall–Kier alpha value is -3.31. The Kier molecular flexibility index (Phi) is 7.63. The van der Waals surface area contributed by atoms with Crippen LogP contribution in [0.25, 0.3) is 22.4 Å². The van der Waals surface area contributed by atoms with E-state index >= 15 is 0 Å². The van der Waals surface area contributed by atoms with E-state index in [4.69, 9.17) is 0 Å². The molecule has 2 aliphatic rings. The maximum atomic E-state index is 4.44. The topological polar surface area (TPSA) is 53.4 Å². The number of likely N-dealkylation sites (tertiary alicyclic amines) is 1. The Morgan fingerprint density at radius 1 is 1.09 bits per heavy atom. The molecule has 2 aromatic heterocycles. The Bertz CT molecular complexity index is 1160. The molecule has 0 aliphatic carbocycles. The number of anilines is 1. The molecule has 1 N–H and O–H groups in total. The van der Waals surface area contributed by atoms with E-state index in [1.54, 1.807) is 0 Å². The summed E-state index contributed by atoms with van der Waals surface area (Å²) in [6, 6.07) is 12.7. The highest BCUT2D eigenvalue weighted by Gasteiger charge is 2.17. The Morgan fingerprint density at radius 3 is 2.67 bits per heavy atom. The highest BCUT2D eigenvalue weighted by molar-refractivity contribution is 5.90. The standard InChI is InChI=1S/C14H13N3.C14H20N2/c1-15-14-7-13-6-10(12-4-5-16-8-12)2-3-11(13)9-17-14;1-3-12-4-7-15-14(10-12)11-13-5-8-16(2)9-6-13/h2-3,5-9H,4H2,1H3,(H,15,17);3-4,7,10,13H,1,5-6,8-9,11H2,2H3. The lowest BCUT2D eigenvalue weighted by atomic mass is 9.92. The first-order chi connectivity index (χ1) is 16.1. The van der Waals surface area contributed by atoms with Crippen LogP contribution in [0.5, 0.6) is 0 Å². The summed E-state index contributed by atoms with van der Waals surface area (Å²) in [7, 11) is 4.08. The molecule has 0 radical (unpaired) electrons.